The SMILES string of the molecule is CCN(CC)CCNCCn1ccc(=O)cc1. The largest absolute Gasteiger partial charge is 0.353 e. The highest BCUT2D eigenvalue weighted by Crippen LogP contribution is 1.85. The molecule has 0 bridgehead atoms. The summed E-state index contributed by atoms with van der Waals surface area (Å²) in [6, 6.07) is 3.19. The zero-order valence-electron chi connectivity index (χ0n) is 10.9. The fourth-order valence-corrected chi connectivity index (χ4v) is 1.70. The van der Waals surface area contributed by atoms with Gasteiger partial charge in [0.15, 0.2) is 5.43 Å². The molecule has 1 N–H and O–H groups in total. The number of pyridine rings is 1. The molecular weight excluding hydrogens is 214 g/mol. The number of rotatable bonds is 8. The van der Waals surface area contributed by atoms with Crippen molar-refractivity contribution < 1.29 is 0 Å². The molecule has 4 heteroatoms. The van der Waals surface area contributed by atoms with Crippen LogP contribution in [0, 0.1) is 0 Å². The maximum atomic E-state index is 10.9. The first kappa shape index (κ1) is 13.9. The van der Waals surface area contributed by atoms with Gasteiger partial charge in [0.2, 0.25) is 0 Å². The molecule has 0 amide bonds. The van der Waals surface area contributed by atoms with Gasteiger partial charge >= 0.3 is 0 Å². The Morgan fingerprint density at radius 3 is 2.41 bits per heavy atom. The van der Waals surface area contributed by atoms with Gasteiger partial charge in [-0.05, 0) is 13.1 Å². The zero-order chi connectivity index (χ0) is 12.5. The third-order valence-electron chi connectivity index (χ3n) is 2.91. The molecule has 0 atom stereocenters. The fourth-order valence-electron chi connectivity index (χ4n) is 1.70. The van der Waals surface area contributed by atoms with E-state index in [2.05, 4.69) is 24.1 Å². The van der Waals surface area contributed by atoms with Crippen molar-refractivity contribution in [2.24, 2.45) is 0 Å². The Morgan fingerprint density at radius 1 is 1.18 bits per heavy atom. The van der Waals surface area contributed by atoms with Crippen molar-refractivity contribution in [3.63, 3.8) is 0 Å². The van der Waals surface area contributed by atoms with Crippen LogP contribution in [0.1, 0.15) is 13.8 Å². The van der Waals surface area contributed by atoms with Gasteiger partial charge in [-0.2, -0.15) is 0 Å². The quantitative estimate of drug-likeness (QED) is 0.679. The lowest BCUT2D eigenvalue weighted by Gasteiger charge is -2.18. The molecular formula is C13H23N3O. The summed E-state index contributed by atoms with van der Waals surface area (Å²) in [5.74, 6) is 0. The number of nitrogens with one attached hydrogen (secondary N) is 1. The molecule has 0 radical (unpaired) electrons. The third-order valence-corrected chi connectivity index (χ3v) is 2.91. The summed E-state index contributed by atoms with van der Waals surface area (Å²) >= 11 is 0. The van der Waals surface area contributed by atoms with E-state index in [1.54, 1.807) is 12.1 Å². The lowest BCUT2D eigenvalue weighted by Crippen LogP contribution is -2.33. The minimum Gasteiger partial charge on any atom is -0.353 e. The highest BCUT2D eigenvalue weighted by atomic mass is 16.1. The summed E-state index contributed by atoms with van der Waals surface area (Å²) in [7, 11) is 0. The summed E-state index contributed by atoms with van der Waals surface area (Å²) in [6.07, 6.45) is 3.66. The van der Waals surface area contributed by atoms with Crippen LogP contribution >= 0.6 is 0 Å². The third kappa shape index (κ3) is 5.65. The maximum absolute atomic E-state index is 10.9. The molecule has 0 unspecified atom stereocenters. The molecule has 0 aliphatic rings. The summed E-state index contributed by atoms with van der Waals surface area (Å²) in [4.78, 5) is 13.3. The molecule has 1 rings (SSSR count). The second kappa shape index (κ2) is 8.03. The van der Waals surface area contributed by atoms with Crippen molar-refractivity contribution >= 4 is 0 Å². The standard InChI is InChI=1S/C13H23N3O/c1-3-15(4-2)11-7-14-8-12-16-9-5-13(17)6-10-16/h5-6,9-10,14H,3-4,7-8,11-12H2,1-2H3. The van der Waals surface area contributed by atoms with Crippen LogP contribution in [0.5, 0.6) is 0 Å². The van der Waals surface area contributed by atoms with Crippen molar-refractivity contribution in [3.05, 3.63) is 34.7 Å². The van der Waals surface area contributed by atoms with Crippen molar-refractivity contribution in [2.75, 3.05) is 32.7 Å². The normalized spacial score (nSPS) is 11.0. The monoisotopic (exact) mass is 237 g/mol. The van der Waals surface area contributed by atoms with Crippen molar-refractivity contribution in [2.45, 2.75) is 20.4 Å². The lowest BCUT2D eigenvalue weighted by molar-refractivity contribution is 0.302. The van der Waals surface area contributed by atoms with Crippen LogP contribution in [-0.4, -0.2) is 42.2 Å². The van der Waals surface area contributed by atoms with Gasteiger partial charge in [0.25, 0.3) is 0 Å². The Kier molecular flexibility index (Phi) is 6.58. The van der Waals surface area contributed by atoms with Crippen molar-refractivity contribution in [3.8, 4) is 0 Å². The molecule has 0 aliphatic carbocycles. The van der Waals surface area contributed by atoms with E-state index >= 15 is 0 Å². The predicted octanol–water partition coefficient (Wildman–Crippen LogP) is 0.780. The molecule has 0 saturated carbocycles. The van der Waals surface area contributed by atoms with Gasteiger partial charge in [-0.3, -0.25) is 4.79 Å². The first-order chi connectivity index (χ1) is 8.26. The van der Waals surface area contributed by atoms with E-state index in [9.17, 15) is 4.79 Å². The van der Waals surface area contributed by atoms with Crippen LogP contribution in [0.2, 0.25) is 0 Å². The van der Waals surface area contributed by atoms with E-state index < -0.39 is 0 Å². The van der Waals surface area contributed by atoms with Gasteiger partial charge < -0.3 is 14.8 Å². The molecule has 0 spiro atoms. The van der Waals surface area contributed by atoms with Gasteiger partial charge in [-0.1, -0.05) is 13.8 Å². The van der Waals surface area contributed by atoms with E-state index in [0.29, 0.717) is 0 Å². The van der Waals surface area contributed by atoms with Crippen LogP contribution < -0.4 is 10.7 Å². The van der Waals surface area contributed by atoms with Gasteiger partial charge in [-0.15, -0.1) is 0 Å². The molecule has 17 heavy (non-hydrogen) atoms. The van der Waals surface area contributed by atoms with Crippen LogP contribution in [0.15, 0.2) is 29.3 Å². The van der Waals surface area contributed by atoms with Gasteiger partial charge in [0, 0.05) is 50.7 Å². The minimum atomic E-state index is 0.0655. The van der Waals surface area contributed by atoms with E-state index in [1.807, 2.05) is 17.0 Å². The summed E-state index contributed by atoms with van der Waals surface area (Å²) < 4.78 is 2.02. The van der Waals surface area contributed by atoms with E-state index in [4.69, 9.17) is 0 Å². The average Bonchev–Trinajstić information content (AvgIpc) is 2.36. The Bertz CT molecular complexity index is 337. The second-order valence-electron chi connectivity index (χ2n) is 4.05. The van der Waals surface area contributed by atoms with E-state index in [0.717, 1.165) is 39.3 Å². The smallest absolute Gasteiger partial charge is 0.181 e. The first-order valence-electron chi connectivity index (χ1n) is 6.35. The van der Waals surface area contributed by atoms with Gasteiger partial charge in [-0.25, -0.2) is 0 Å². The summed E-state index contributed by atoms with van der Waals surface area (Å²) in [6.45, 7) is 10.5. The predicted molar refractivity (Wildman–Crippen MR) is 71.4 cm³/mol. The highest BCUT2D eigenvalue weighted by Gasteiger charge is 1.97. The van der Waals surface area contributed by atoms with Crippen molar-refractivity contribution in [1.82, 2.24) is 14.8 Å². The summed E-state index contributed by atoms with van der Waals surface area (Å²) in [5.41, 5.74) is 0.0655. The fraction of sp³-hybridized carbons (Fsp3) is 0.615. The van der Waals surface area contributed by atoms with Crippen LogP contribution in [0.4, 0.5) is 0 Å². The molecule has 4 nitrogen and oxygen atoms in total. The molecule has 0 aliphatic heterocycles. The molecule has 0 aromatic carbocycles. The Balaban J connectivity index is 2.12. The maximum Gasteiger partial charge on any atom is 0.181 e. The molecule has 0 fully saturated rings. The van der Waals surface area contributed by atoms with Gasteiger partial charge in [0.1, 0.15) is 0 Å². The Hall–Kier alpha value is -1.13. The minimum absolute atomic E-state index is 0.0655. The number of nitrogens with zero attached hydrogens (tertiary/aromatic N) is 2. The van der Waals surface area contributed by atoms with Crippen LogP contribution in [0.3, 0.4) is 0 Å². The highest BCUT2D eigenvalue weighted by molar-refractivity contribution is 4.93. The van der Waals surface area contributed by atoms with E-state index in [-0.39, 0.29) is 5.43 Å². The van der Waals surface area contributed by atoms with Crippen molar-refractivity contribution in [1.29, 1.82) is 0 Å². The molecule has 96 valence electrons. The average molecular weight is 237 g/mol. The van der Waals surface area contributed by atoms with Gasteiger partial charge in [0.05, 0.1) is 0 Å². The Morgan fingerprint density at radius 2 is 1.82 bits per heavy atom. The topological polar surface area (TPSA) is 37.3 Å². The second-order valence-corrected chi connectivity index (χ2v) is 4.05. The summed E-state index contributed by atoms with van der Waals surface area (Å²) in [5, 5.41) is 3.41. The lowest BCUT2D eigenvalue weighted by atomic mass is 10.4. The van der Waals surface area contributed by atoms with Crippen LogP contribution in [0.25, 0.3) is 0 Å². The Labute approximate surface area is 103 Å². The van der Waals surface area contributed by atoms with E-state index in [1.165, 1.54) is 0 Å². The number of hydrogen-bond donors (Lipinski definition) is 1. The number of hydrogen-bond acceptors (Lipinski definition) is 3. The first-order valence-corrected chi connectivity index (χ1v) is 6.35. The molecule has 0 saturated heterocycles. The number of aromatic nitrogens is 1. The number of likely N-dealkylation sites (N-methyl/N-ethyl adjacent to an activating group) is 1. The molecule has 1 aromatic rings. The molecule has 1 aromatic heterocycles. The molecule has 1 heterocycles. The zero-order valence-corrected chi connectivity index (χ0v) is 10.9. The van der Waals surface area contributed by atoms with Crippen LogP contribution in [-0.2, 0) is 6.54 Å².